The van der Waals surface area contributed by atoms with Crippen LogP contribution in [0.5, 0.6) is 0 Å². The van der Waals surface area contributed by atoms with E-state index in [0.717, 1.165) is 5.56 Å². The van der Waals surface area contributed by atoms with Gasteiger partial charge in [-0.05, 0) is 32.2 Å². The number of hydrogen-bond acceptors (Lipinski definition) is 7. The van der Waals surface area contributed by atoms with Gasteiger partial charge in [0.25, 0.3) is 0 Å². The van der Waals surface area contributed by atoms with Gasteiger partial charge in [-0.25, -0.2) is 4.79 Å². The zero-order valence-electron chi connectivity index (χ0n) is 16.9. The van der Waals surface area contributed by atoms with Crippen LogP contribution in [0.1, 0.15) is 32.8 Å². The van der Waals surface area contributed by atoms with Crippen molar-refractivity contribution >= 4 is 23.7 Å². The van der Waals surface area contributed by atoms with Crippen LogP contribution in [0.3, 0.4) is 0 Å². The number of aliphatic hydroxyl groups is 1. The summed E-state index contributed by atoms with van der Waals surface area (Å²) in [5.74, 6) is -4.32. The van der Waals surface area contributed by atoms with Gasteiger partial charge in [0.2, 0.25) is 5.78 Å². The molecule has 1 aliphatic rings. The molecule has 1 fully saturated rings. The first-order valence-corrected chi connectivity index (χ1v) is 8.83. The fourth-order valence-corrected chi connectivity index (χ4v) is 2.98. The third-order valence-corrected chi connectivity index (χ3v) is 4.13. The van der Waals surface area contributed by atoms with Crippen LogP contribution < -0.4 is 34.7 Å². The molecular formula is C20H24NNaO7. The third-order valence-electron chi connectivity index (χ3n) is 4.13. The Balaban J connectivity index is 0.00000420. The molecular weight excluding hydrogens is 389 g/mol. The van der Waals surface area contributed by atoms with Crippen LogP contribution in [0.4, 0.5) is 0 Å². The predicted molar refractivity (Wildman–Crippen MR) is 99.5 cm³/mol. The molecule has 0 unspecified atom stereocenters. The molecule has 2 rings (SSSR count). The molecule has 8 nitrogen and oxygen atoms in total. The van der Waals surface area contributed by atoms with Gasteiger partial charge in [0.05, 0.1) is 12.1 Å². The van der Waals surface area contributed by atoms with Crippen molar-refractivity contribution in [3.8, 4) is 0 Å². The average Bonchev–Trinajstić information content (AvgIpc) is 2.94. The van der Waals surface area contributed by atoms with Crippen molar-refractivity contribution in [1.82, 2.24) is 0 Å². The van der Waals surface area contributed by atoms with E-state index in [4.69, 9.17) is 14.6 Å². The number of hydrogen-bond donors (Lipinski definition) is 2. The number of nitrogens with zero attached hydrogens (tertiary/aromatic N) is 1. The normalized spacial score (nSPS) is 23.4. The van der Waals surface area contributed by atoms with E-state index in [9.17, 15) is 19.8 Å². The number of rotatable bonds is 8. The number of carbonyl (C=O) groups is 2. The van der Waals surface area contributed by atoms with Gasteiger partial charge in [-0.1, -0.05) is 42.5 Å². The van der Waals surface area contributed by atoms with Crippen LogP contribution in [0.15, 0.2) is 41.4 Å². The third kappa shape index (κ3) is 7.65. The van der Waals surface area contributed by atoms with Crippen LogP contribution in [0.25, 0.3) is 6.08 Å². The minimum atomic E-state index is -1.64. The number of ketones is 1. The van der Waals surface area contributed by atoms with Gasteiger partial charge in [-0.3, -0.25) is 9.79 Å². The monoisotopic (exact) mass is 413 g/mol. The summed E-state index contributed by atoms with van der Waals surface area (Å²) in [6, 6.07) is 8.54. The first-order valence-electron chi connectivity index (χ1n) is 8.83. The summed E-state index contributed by atoms with van der Waals surface area (Å²) in [6.07, 6.45) is -0.555. The summed E-state index contributed by atoms with van der Waals surface area (Å²) in [7, 11) is 0. The van der Waals surface area contributed by atoms with Crippen LogP contribution in [-0.4, -0.2) is 58.0 Å². The Labute approximate surface area is 191 Å². The standard InChI is InChI=1S/C20H25NO7.Na/c1-12(22)21-14(10-9-13-7-5-4-6-8-13)17-18(28-20(2,3)27-17)15(23)11-16(24)19(25)26;/h4-10,14-15,17-18,23H,11H2,1-3H3,(H,21,22)(H,25,26);/q;+1/p-1/b10-9+;/t14-,15+,17+,18+;/m1./s1. The maximum atomic E-state index is 11.6. The molecule has 0 aliphatic carbocycles. The van der Waals surface area contributed by atoms with Gasteiger partial charge >= 0.3 is 35.5 Å². The van der Waals surface area contributed by atoms with Crippen molar-refractivity contribution in [2.75, 3.05) is 0 Å². The van der Waals surface area contributed by atoms with E-state index in [1.807, 2.05) is 30.3 Å². The Morgan fingerprint density at radius 3 is 2.38 bits per heavy atom. The second kappa shape index (κ2) is 11.0. The minimum Gasteiger partial charge on any atom is -0.862 e. The van der Waals surface area contributed by atoms with Crippen LogP contribution in [0.2, 0.25) is 0 Å². The number of aliphatic carboxylic acids is 1. The fourth-order valence-electron chi connectivity index (χ4n) is 2.98. The molecule has 152 valence electrons. The molecule has 1 aromatic carbocycles. The number of benzene rings is 1. The quantitative estimate of drug-likeness (QED) is 0.214. The van der Waals surface area contributed by atoms with E-state index >= 15 is 0 Å². The number of carboxylic acid groups (broad SMARTS) is 1. The first kappa shape index (κ1) is 25.5. The molecule has 29 heavy (non-hydrogen) atoms. The molecule has 0 saturated carbocycles. The molecule has 2 N–H and O–H groups in total. The summed E-state index contributed by atoms with van der Waals surface area (Å²) >= 11 is 0. The largest absolute Gasteiger partial charge is 1.00 e. The van der Waals surface area contributed by atoms with Crippen molar-refractivity contribution in [1.29, 1.82) is 0 Å². The molecule has 0 amide bonds. The number of carbonyl (C=O) groups excluding carboxylic acids is 1. The van der Waals surface area contributed by atoms with E-state index < -0.39 is 54.2 Å². The Hall–Kier alpha value is -1.55. The Morgan fingerprint density at radius 1 is 1.24 bits per heavy atom. The molecule has 4 atom stereocenters. The number of carboxylic acids is 1. The van der Waals surface area contributed by atoms with E-state index in [0.29, 0.717) is 0 Å². The van der Waals surface area contributed by atoms with Gasteiger partial charge in [0, 0.05) is 6.42 Å². The summed E-state index contributed by atoms with van der Waals surface area (Å²) in [5.41, 5.74) is 0.877. The first-order chi connectivity index (χ1) is 13.1. The fraction of sp³-hybridized carbons (Fsp3) is 0.450. The Morgan fingerprint density at radius 2 is 1.83 bits per heavy atom. The number of aliphatic imine (C=N–C) groups is 1. The molecule has 1 saturated heterocycles. The second-order valence-electron chi connectivity index (χ2n) is 6.97. The molecule has 0 spiro atoms. The van der Waals surface area contributed by atoms with Gasteiger partial charge in [0.1, 0.15) is 12.2 Å². The predicted octanol–water partition coefficient (Wildman–Crippen LogP) is -2.22. The smallest absolute Gasteiger partial charge is 0.862 e. The summed E-state index contributed by atoms with van der Waals surface area (Å²) in [6.45, 7) is 4.54. The number of Topliss-reactive ketones (excluding diaryl/α,β-unsaturated/α-hetero) is 1. The van der Waals surface area contributed by atoms with E-state index in [2.05, 4.69) is 4.99 Å². The summed E-state index contributed by atoms with van der Waals surface area (Å²) < 4.78 is 11.5. The van der Waals surface area contributed by atoms with Gasteiger partial charge in [0.15, 0.2) is 5.79 Å². The second-order valence-corrected chi connectivity index (χ2v) is 6.97. The molecule has 0 aromatic heterocycles. The van der Waals surface area contributed by atoms with Crippen LogP contribution in [0, 0.1) is 0 Å². The minimum absolute atomic E-state index is 0. The number of ether oxygens (including phenoxy) is 2. The SMILES string of the molecule is CC([O-])=N[C@H](/C=C/c1ccccc1)[C@@H]1OC(C)(C)O[C@H]1[C@@H](O)CC(=O)C(=O)O.[Na+]. The van der Waals surface area contributed by atoms with Crippen LogP contribution in [-0.2, 0) is 19.1 Å². The maximum absolute atomic E-state index is 11.6. The van der Waals surface area contributed by atoms with E-state index in [1.165, 1.54) is 6.92 Å². The van der Waals surface area contributed by atoms with Gasteiger partial charge < -0.3 is 24.8 Å². The maximum Gasteiger partial charge on any atom is 1.00 e. The molecule has 1 aliphatic heterocycles. The van der Waals surface area contributed by atoms with Crippen molar-refractivity contribution in [3.05, 3.63) is 42.0 Å². The molecule has 1 heterocycles. The van der Waals surface area contributed by atoms with Gasteiger partial charge in [-0.15, -0.1) is 0 Å². The van der Waals surface area contributed by atoms with Gasteiger partial charge in [-0.2, -0.15) is 0 Å². The zero-order valence-corrected chi connectivity index (χ0v) is 18.9. The summed E-state index contributed by atoms with van der Waals surface area (Å²) in [4.78, 5) is 26.3. The Kier molecular flexibility index (Phi) is 9.67. The van der Waals surface area contributed by atoms with Crippen molar-refractivity contribution in [2.24, 2.45) is 4.99 Å². The zero-order chi connectivity index (χ0) is 20.9. The molecule has 9 heteroatoms. The van der Waals surface area contributed by atoms with Crippen molar-refractivity contribution < 1.29 is 63.9 Å². The van der Waals surface area contributed by atoms with Crippen molar-refractivity contribution in [3.63, 3.8) is 0 Å². The van der Waals surface area contributed by atoms with Crippen molar-refractivity contribution in [2.45, 2.75) is 57.3 Å². The van der Waals surface area contributed by atoms with E-state index in [-0.39, 0.29) is 29.6 Å². The number of aliphatic hydroxyl groups excluding tert-OH is 1. The van der Waals surface area contributed by atoms with Crippen LogP contribution >= 0.6 is 0 Å². The van der Waals surface area contributed by atoms with E-state index in [1.54, 1.807) is 26.0 Å². The summed E-state index contributed by atoms with van der Waals surface area (Å²) in [5, 5.41) is 30.8. The molecule has 1 aromatic rings. The molecule has 0 radical (unpaired) electrons. The molecule has 0 bridgehead atoms. The average molecular weight is 413 g/mol. The Bertz CT molecular complexity index is 759. The topological polar surface area (TPSA) is 128 Å².